The Morgan fingerprint density at radius 2 is 2.12 bits per heavy atom. The summed E-state index contributed by atoms with van der Waals surface area (Å²) in [4.78, 5) is 9.05. The molecular formula is C12H15BrN4. The van der Waals surface area contributed by atoms with Crippen molar-refractivity contribution in [2.24, 2.45) is 0 Å². The summed E-state index contributed by atoms with van der Waals surface area (Å²) in [5.41, 5.74) is 0.591. The van der Waals surface area contributed by atoms with Crippen molar-refractivity contribution in [3.63, 3.8) is 0 Å². The fourth-order valence-corrected chi connectivity index (χ4v) is 2.60. The zero-order valence-electron chi connectivity index (χ0n) is 9.86. The van der Waals surface area contributed by atoms with E-state index in [-0.39, 0.29) is 0 Å². The van der Waals surface area contributed by atoms with Gasteiger partial charge in [-0.2, -0.15) is 5.26 Å². The Balaban J connectivity index is 2.11. The van der Waals surface area contributed by atoms with Gasteiger partial charge in [0.05, 0.1) is 10.0 Å². The van der Waals surface area contributed by atoms with E-state index >= 15 is 0 Å². The van der Waals surface area contributed by atoms with Gasteiger partial charge < -0.3 is 9.80 Å². The molecule has 1 aromatic rings. The summed E-state index contributed by atoms with van der Waals surface area (Å²) in [5.74, 6) is 0.944. The standard InChI is InChI=1S/C12H15BrN4/c1-2-16-3-5-17(6-4-16)12-11(13)7-10(8-14)9-15-12/h7,9H,2-6H2,1H3. The second kappa shape index (κ2) is 5.48. The Bertz CT molecular complexity index is 433. The normalized spacial score (nSPS) is 16.9. The van der Waals surface area contributed by atoms with E-state index in [0.29, 0.717) is 5.56 Å². The molecule has 0 unspecified atom stereocenters. The Morgan fingerprint density at radius 3 is 2.65 bits per heavy atom. The van der Waals surface area contributed by atoms with E-state index < -0.39 is 0 Å². The third-order valence-corrected chi connectivity index (χ3v) is 3.65. The number of nitrogens with zero attached hydrogens (tertiary/aromatic N) is 4. The highest BCUT2D eigenvalue weighted by Crippen LogP contribution is 2.25. The molecule has 4 nitrogen and oxygen atoms in total. The van der Waals surface area contributed by atoms with Crippen molar-refractivity contribution < 1.29 is 0 Å². The largest absolute Gasteiger partial charge is 0.353 e. The number of likely N-dealkylation sites (N-methyl/N-ethyl adjacent to an activating group) is 1. The van der Waals surface area contributed by atoms with Crippen molar-refractivity contribution in [3.8, 4) is 6.07 Å². The lowest BCUT2D eigenvalue weighted by atomic mass is 10.2. The first-order chi connectivity index (χ1) is 8.24. The highest BCUT2D eigenvalue weighted by molar-refractivity contribution is 9.10. The fraction of sp³-hybridized carbons (Fsp3) is 0.500. The van der Waals surface area contributed by atoms with Crippen molar-refractivity contribution in [1.82, 2.24) is 9.88 Å². The van der Waals surface area contributed by atoms with Crippen molar-refractivity contribution in [3.05, 3.63) is 22.3 Å². The van der Waals surface area contributed by atoms with Crippen molar-refractivity contribution in [2.75, 3.05) is 37.6 Å². The lowest BCUT2D eigenvalue weighted by Gasteiger charge is -2.35. The zero-order valence-corrected chi connectivity index (χ0v) is 11.4. The van der Waals surface area contributed by atoms with E-state index in [0.717, 1.165) is 43.0 Å². The van der Waals surface area contributed by atoms with E-state index in [4.69, 9.17) is 5.26 Å². The van der Waals surface area contributed by atoms with Crippen LogP contribution in [-0.4, -0.2) is 42.6 Å². The number of hydrogen-bond donors (Lipinski definition) is 0. The van der Waals surface area contributed by atoms with E-state index in [2.05, 4.69) is 43.7 Å². The zero-order chi connectivity index (χ0) is 12.3. The minimum Gasteiger partial charge on any atom is -0.353 e. The van der Waals surface area contributed by atoms with Gasteiger partial charge >= 0.3 is 0 Å². The molecule has 0 aromatic carbocycles. The van der Waals surface area contributed by atoms with Gasteiger partial charge in [-0.15, -0.1) is 0 Å². The predicted molar refractivity (Wildman–Crippen MR) is 71.0 cm³/mol. The number of pyridine rings is 1. The van der Waals surface area contributed by atoms with Gasteiger partial charge in [0.1, 0.15) is 11.9 Å². The maximum Gasteiger partial charge on any atom is 0.143 e. The molecule has 1 fully saturated rings. The minimum atomic E-state index is 0.591. The quantitative estimate of drug-likeness (QED) is 0.835. The summed E-state index contributed by atoms with van der Waals surface area (Å²) >= 11 is 3.49. The summed E-state index contributed by atoms with van der Waals surface area (Å²) in [6, 6.07) is 3.92. The van der Waals surface area contributed by atoms with Crippen LogP contribution in [0.1, 0.15) is 12.5 Å². The molecule has 90 valence electrons. The summed E-state index contributed by atoms with van der Waals surface area (Å²) in [6.07, 6.45) is 1.63. The molecule has 5 heteroatoms. The maximum absolute atomic E-state index is 8.80. The van der Waals surface area contributed by atoms with E-state index in [1.54, 1.807) is 6.20 Å². The first-order valence-electron chi connectivity index (χ1n) is 5.77. The third kappa shape index (κ3) is 2.76. The fourth-order valence-electron chi connectivity index (χ4n) is 2.00. The van der Waals surface area contributed by atoms with Crippen molar-refractivity contribution in [2.45, 2.75) is 6.92 Å². The molecule has 0 saturated carbocycles. The van der Waals surface area contributed by atoms with Crippen LogP contribution < -0.4 is 4.90 Å². The molecule has 0 spiro atoms. The third-order valence-electron chi connectivity index (χ3n) is 3.07. The Labute approximate surface area is 110 Å². The van der Waals surface area contributed by atoms with E-state index in [1.165, 1.54) is 0 Å². The summed E-state index contributed by atoms with van der Waals surface area (Å²) in [7, 11) is 0. The molecular weight excluding hydrogens is 280 g/mol. The molecule has 0 aliphatic carbocycles. The van der Waals surface area contributed by atoms with Crippen LogP contribution in [0, 0.1) is 11.3 Å². The van der Waals surface area contributed by atoms with Crippen molar-refractivity contribution >= 4 is 21.7 Å². The Morgan fingerprint density at radius 1 is 1.41 bits per heavy atom. The number of rotatable bonds is 2. The van der Waals surface area contributed by atoms with Gasteiger partial charge in [-0.1, -0.05) is 6.92 Å². The van der Waals surface area contributed by atoms with Gasteiger partial charge in [0, 0.05) is 32.4 Å². The summed E-state index contributed by atoms with van der Waals surface area (Å²) in [5, 5.41) is 8.80. The van der Waals surface area contributed by atoms with Crippen LogP contribution in [0.4, 0.5) is 5.82 Å². The number of aromatic nitrogens is 1. The molecule has 0 N–H and O–H groups in total. The Kier molecular flexibility index (Phi) is 3.97. The molecule has 2 heterocycles. The van der Waals surface area contributed by atoms with Crippen LogP contribution >= 0.6 is 15.9 Å². The number of hydrogen-bond acceptors (Lipinski definition) is 4. The SMILES string of the molecule is CCN1CCN(c2ncc(C#N)cc2Br)CC1. The van der Waals surface area contributed by atoms with Crippen LogP contribution in [-0.2, 0) is 0 Å². The maximum atomic E-state index is 8.80. The molecule has 1 aliphatic rings. The van der Waals surface area contributed by atoms with Gasteiger partial charge in [0.15, 0.2) is 0 Å². The second-order valence-corrected chi connectivity index (χ2v) is 4.92. The lowest BCUT2D eigenvalue weighted by Crippen LogP contribution is -2.46. The molecule has 1 aromatic heterocycles. The number of piperazine rings is 1. The van der Waals surface area contributed by atoms with Gasteiger partial charge in [0.2, 0.25) is 0 Å². The highest BCUT2D eigenvalue weighted by atomic mass is 79.9. The molecule has 2 rings (SSSR count). The van der Waals surface area contributed by atoms with Crippen molar-refractivity contribution in [1.29, 1.82) is 5.26 Å². The smallest absolute Gasteiger partial charge is 0.143 e. The molecule has 1 aliphatic heterocycles. The Hall–Kier alpha value is -1.12. The van der Waals surface area contributed by atoms with Gasteiger partial charge in [-0.3, -0.25) is 0 Å². The molecule has 0 atom stereocenters. The predicted octanol–water partition coefficient (Wildman–Crippen LogP) is 1.86. The lowest BCUT2D eigenvalue weighted by molar-refractivity contribution is 0.270. The number of nitriles is 1. The molecule has 17 heavy (non-hydrogen) atoms. The molecule has 0 amide bonds. The van der Waals surface area contributed by atoms with Crippen LogP contribution in [0.25, 0.3) is 0 Å². The second-order valence-electron chi connectivity index (χ2n) is 4.06. The van der Waals surface area contributed by atoms with Crippen LogP contribution in [0.3, 0.4) is 0 Å². The summed E-state index contributed by atoms with van der Waals surface area (Å²) in [6.45, 7) is 7.42. The molecule has 1 saturated heterocycles. The monoisotopic (exact) mass is 294 g/mol. The first kappa shape index (κ1) is 12.3. The first-order valence-corrected chi connectivity index (χ1v) is 6.57. The van der Waals surface area contributed by atoms with E-state index in [9.17, 15) is 0 Å². The summed E-state index contributed by atoms with van der Waals surface area (Å²) < 4.78 is 0.904. The van der Waals surface area contributed by atoms with Crippen LogP contribution in [0.15, 0.2) is 16.7 Å². The molecule has 0 bridgehead atoms. The van der Waals surface area contributed by atoms with Gasteiger partial charge in [-0.05, 0) is 28.5 Å². The average Bonchev–Trinajstić information content (AvgIpc) is 2.39. The molecule has 0 radical (unpaired) electrons. The minimum absolute atomic E-state index is 0.591. The van der Waals surface area contributed by atoms with Gasteiger partial charge in [-0.25, -0.2) is 4.98 Å². The highest BCUT2D eigenvalue weighted by Gasteiger charge is 2.18. The van der Waals surface area contributed by atoms with Crippen LogP contribution in [0.5, 0.6) is 0 Å². The average molecular weight is 295 g/mol. The van der Waals surface area contributed by atoms with Crippen LogP contribution in [0.2, 0.25) is 0 Å². The number of halogens is 1. The van der Waals surface area contributed by atoms with E-state index in [1.807, 2.05) is 6.07 Å². The topological polar surface area (TPSA) is 43.2 Å². The number of anilines is 1. The van der Waals surface area contributed by atoms with Gasteiger partial charge in [0.25, 0.3) is 0 Å².